The van der Waals surface area contributed by atoms with Crippen LogP contribution in [0, 0.1) is 0 Å². The van der Waals surface area contributed by atoms with Gasteiger partial charge in [-0.25, -0.2) is 0 Å². The second-order valence-electron chi connectivity index (χ2n) is 2.89. The molecule has 0 aromatic heterocycles. The summed E-state index contributed by atoms with van der Waals surface area (Å²) in [5.74, 6) is 0. The van der Waals surface area contributed by atoms with Gasteiger partial charge in [-0.05, 0) is 24.6 Å². The molecule has 0 unspecified atom stereocenters. The fourth-order valence-corrected chi connectivity index (χ4v) is 1.34. The minimum Gasteiger partial charge on any atom is -0.799 e. The van der Waals surface area contributed by atoms with E-state index in [9.17, 15) is 18.9 Å². The van der Waals surface area contributed by atoms with E-state index in [1.54, 1.807) is 27.7 Å². The first-order chi connectivity index (χ1) is 6.24. The van der Waals surface area contributed by atoms with Crippen LogP contribution in [0.25, 0.3) is 0 Å². The first-order valence-corrected chi connectivity index (χ1v) is 8.81. The average Bonchev–Trinajstić information content (AvgIpc) is 2.19. The van der Waals surface area contributed by atoms with E-state index in [1.165, 1.54) is 0 Å². The topological polar surface area (TPSA) is 80.3 Å². The first kappa shape index (κ1) is 21.2. The van der Waals surface area contributed by atoms with Crippen molar-refractivity contribution in [3.8, 4) is 0 Å². The molecule has 97 valence electrons. The van der Waals surface area contributed by atoms with Crippen LogP contribution in [0.3, 0.4) is 0 Å². The largest absolute Gasteiger partial charge is 2.00 e. The van der Waals surface area contributed by atoms with Gasteiger partial charge in [0.15, 0.2) is 0 Å². The zero-order valence-electron chi connectivity index (χ0n) is 9.66. The van der Waals surface area contributed by atoms with Crippen molar-refractivity contribution >= 4 is 14.7 Å². The van der Waals surface area contributed by atoms with E-state index in [4.69, 9.17) is 0 Å². The molecule has 1 radical (unpaired) electrons. The van der Waals surface area contributed by atoms with Crippen molar-refractivity contribution in [2.75, 3.05) is 24.6 Å². The second kappa shape index (κ2) is 10.1. The maximum atomic E-state index is 10.4. The van der Waals surface area contributed by atoms with Gasteiger partial charge >= 0.3 is 17.1 Å². The smallest absolute Gasteiger partial charge is 0.799 e. The zero-order chi connectivity index (χ0) is 11.8. The molecule has 0 aromatic carbocycles. The molecule has 0 aliphatic heterocycles. The fourth-order valence-electron chi connectivity index (χ4n) is 0.447. The van der Waals surface area contributed by atoms with Crippen LogP contribution in [0.2, 0.25) is 0 Å². The fraction of sp³-hybridized carbons (Fsp3) is 1.00. The molecule has 0 aliphatic carbocycles. The van der Waals surface area contributed by atoms with Gasteiger partial charge in [-0.2, -0.15) is 0 Å². The van der Waals surface area contributed by atoms with E-state index in [-0.39, 0.29) is 17.1 Å². The van der Waals surface area contributed by atoms with Crippen molar-refractivity contribution in [2.45, 2.75) is 27.7 Å². The molecule has 0 spiro atoms. The van der Waals surface area contributed by atoms with Crippen LogP contribution < -0.4 is 9.79 Å². The van der Waals surface area contributed by atoms with Gasteiger partial charge in [-0.1, -0.05) is 27.7 Å². The summed E-state index contributed by atoms with van der Waals surface area (Å²) in [6.45, 7) is 6.66. The molecule has 0 aromatic rings. The van der Waals surface area contributed by atoms with Crippen LogP contribution in [0.15, 0.2) is 0 Å². The zero-order valence-corrected chi connectivity index (χ0v) is 12.4. The van der Waals surface area contributed by atoms with Gasteiger partial charge < -0.3 is 18.9 Å². The Bertz CT molecular complexity index is 193. The summed E-state index contributed by atoms with van der Waals surface area (Å²) in [4.78, 5) is 20.8. The third kappa shape index (κ3) is 14.9. The van der Waals surface area contributed by atoms with Gasteiger partial charge in [0.05, 0.1) is 0 Å². The van der Waals surface area contributed by atoms with Crippen LogP contribution in [-0.2, 0) is 26.2 Å². The quantitative estimate of drug-likeness (QED) is 0.579. The summed E-state index contributed by atoms with van der Waals surface area (Å²) in [7, 11) is -5.81. The van der Waals surface area contributed by atoms with E-state index >= 15 is 0 Å². The minimum atomic E-state index is -2.90. The van der Waals surface area contributed by atoms with Gasteiger partial charge in [-0.3, -0.25) is 0 Å². The Morgan fingerprint density at radius 3 is 0.867 bits per heavy atom. The Morgan fingerprint density at radius 2 is 0.867 bits per heavy atom. The van der Waals surface area contributed by atoms with Crippen molar-refractivity contribution in [3.63, 3.8) is 0 Å². The molecular formula is C8H20CuO4P2. The molecule has 0 atom stereocenters. The second-order valence-corrected chi connectivity index (χ2v) is 8.68. The summed E-state index contributed by atoms with van der Waals surface area (Å²) in [6, 6.07) is 0. The molecule has 0 fully saturated rings. The third-order valence-electron chi connectivity index (χ3n) is 1.93. The molecule has 0 heterocycles. The molecule has 0 amide bonds. The molecule has 0 saturated heterocycles. The maximum Gasteiger partial charge on any atom is 2.00 e. The average molecular weight is 306 g/mol. The van der Waals surface area contributed by atoms with E-state index in [0.717, 1.165) is 0 Å². The van der Waals surface area contributed by atoms with E-state index in [0.29, 0.717) is 24.6 Å². The number of hydrogen-bond acceptors (Lipinski definition) is 4. The Balaban J connectivity index is -0.000000180. The van der Waals surface area contributed by atoms with Crippen molar-refractivity contribution in [3.05, 3.63) is 0 Å². The van der Waals surface area contributed by atoms with Crippen LogP contribution in [0.4, 0.5) is 0 Å². The minimum absolute atomic E-state index is 0. The van der Waals surface area contributed by atoms with Crippen molar-refractivity contribution < 1.29 is 36.0 Å². The van der Waals surface area contributed by atoms with Crippen LogP contribution in [0.1, 0.15) is 27.7 Å². The van der Waals surface area contributed by atoms with Crippen molar-refractivity contribution in [1.29, 1.82) is 0 Å². The molecule has 15 heavy (non-hydrogen) atoms. The number of hydrogen-bond donors (Lipinski definition) is 0. The Kier molecular flexibility index (Phi) is 14.3. The van der Waals surface area contributed by atoms with E-state index in [2.05, 4.69) is 0 Å². The van der Waals surface area contributed by atoms with Crippen molar-refractivity contribution in [1.82, 2.24) is 0 Å². The monoisotopic (exact) mass is 305 g/mol. The van der Waals surface area contributed by atoms with Gasteiger partial charge in [-0.15, -0.1) is 0 Å². The molecule has 0 N–H and O–H groups in total. The molecule has 0 rings (SSSR count). The van der Waals surface area contributed by atoms with Crippen LogP contribution in [-0.4, -0.2) is 24.6 Å². The molecular weight excluding hydrogens is 286 g/mol. The third-order valence-corrected chi connectivity index (χ3v) is 5.78. The molecule has 0 saturated carbocycles. The maximum absolute atomic E-state index is 10.4. The predicted molar refractivity (Wildman–Crippen MR) is 57.4 cm³/mol. The summed E-state index contributed by atoms with van der Waals surface area (Å²) in [5, 5.41) is 0. The summed E-state index contributed by atoms with van der Waals surface area (Å²) < 4.78 is 20.8. The summed E-state index contributed by atoms with van der Waals surface area (Å²) in [6.07, 6.45) is 1.18. The first-order valence-electron chi connectivity index (χ1n) is 4.82. The summed E-state index contributed by atoms with van der Waals surface area (Å²) >= 11 is 0. The number of rotatable bonds is 4. The Labute approximate surface area is 103 Å². The SMILES string of the molecule is CCP(=O)([O-])CC.CCP(=O)([O-])CC.[Cu+2]. The Morgan fingerprint density at radius 1 is 0.733 bits per heavy atom. The summed E-state index contributed by atoms with van der Waals surface area (Å²) in [5.41, 5.74) is 0. The van der Waals surface area contributed by atoms with Gasteiger partial charge in [0.2, 0.25) is 0 Å². The molecule has 7 heteroatoms. The van der Waals surface area contributed by atoms with E-state index in [1.807, 2.05) is 0 Å². The van der Waals surface area contributed by atoms with E-state index < -0.39 is 14.7 Å². The normalized spacial score (nSPS) is 11.1. The van der Waals surface area contributed by atoms with Crippen LogP contribution >= 0.6 is 14.7 Å². The van der Waals surface area contributed by atoms with Crippen LogP contribution in [0.5, 0.6) is 0 Å². The van der Waals surface area contributed by atoms with Gasteiger partial charge in [0.25, 0.3) is 0 Å². The van der Waals surface area contributed by atoms with Gasteiger partial charge in [0.1, 0.15) is 0 Å². The molecule has 0 aliphatic rings. The molecule has 4 nitrogen and oxygen atoms in total. The predicted octanol–water partition coefficient (Wildman–Crippen LogP) is 1.33. The molecule has 0 bridgehead atoms. The Hall–Kier alpha value is 0.899. The standard InChI is InChI=1S/2C4H11O2P.Cu/c2*1-3-7(5,6)4-2;/h2*3-4H2,1-2H3,(H,5,6);/q;;+2/p-2. The van der Waals surface area contributed by atoms with Crippen molar-refractivity contribution in [2.24, 2.45) is 0 Å². The van der Waals surface area contributed by atoms with Gasteiger partial charge in [0, 0.05) is 14.7 Å².